The molecule has 0 saturated carbocycles. The topological polar surface area (TPSA) is 17.8 Å². The standard InChI is InChI=1S/C17H16ClFN2/c1-10-4-7-15(11(2)8-10)21-16-9-13(19)5-6-14(16)20-17(21)12(3)18/h4-9,12H,1-3H3. The molecule has 0 radical (unpaired) electrons. The third kappa shape index (κ3) is 2.42. The Hall–Kier alpha value is -1.87. The minimum atomic E-state index is -0.276. The minimum absolute atomic E-state index is 0.263. The SMILES string of the molecule is Cc1ccc(-n2c(C(C)Cl)nc3ccc(F)cc32)c(C)c1. The van der Waals surface area contributed by atoms with Crippen molar-refractivity contribution in [3.63, 3.8) is 0 Å². The van der Waals surface area contributed by atoms with Crippen LogP contribution in [0.15, 0.2) is 36.4 Å². The van der Waals surface area contributed by atoms with Gasteiger partial charge in [-0.25, -0.2) is 9.37 Å². The zero-order chi connectivity index (χ0) is 15.1. The number of imidazole rings is 1. The van der Waals surface area contributed by atoms with Gasteiger partial charge in [0.1, 0.15) is 11.6 Å². The second kappa shape index (κ2) is 5.15. The highest BCUT2D eigenvalue weighted by molar-refractivity contribution is 6.20. The number of alkyl halides is 1. The van der Waals surface area contributed by atoms with E-state index in [1.807, 2.05) is 37.5 Å². The Morgan fingerprint density at radius 3 is 2.57 bits per heavy atom. The third-order valence-corrected chi connectivity index (χ3v) is 3.79. The Bertz CT molecular complexity index is 821. The number of fused-ring (bicyclic) bond motifs is 1. The number of hydrogen-bond donors (Lipinski definition) is 0. The summed E-state index contributed by atoms with van der Waals surface area (Å²) in [6.07, 6.45) is 0. The normalized spacial score (nSPS) is 12.8. The van der Waals surface area contributed by atoms with Crippen molar-refractivity contribution >= 4 is 22.6 Å². The molecule has 0 fully saturated rings. The molecule has 4 heteroatoms. The van der Waals surface area contributed by atoms with Crippen LogP contribution in [0.2, 0.25) is 0 Å². The summed E-state index contributed by atoms with van der Waals surface area (Å²) in [5.41, 5.74) is 4.77. The van der Waals surface area contributed by atoms with E-state index in [-0.39, 0.29) is 11.2 Å². The third-order valence-electron chi connectivity index (χ3n) is 3.59. The van der Waals surface area contributed by atoms with Crippen LogP contribution >= 0.6 is 11.6 Å². The smallest absolute Gasteiger partial charge is 0.132 e. The minimum Gasteiger partial charge on any atom is -0.295 e. The van der Waals surface area contributed by atoms with Crippen molar-refractivity contribution in [2.45, 2.75) is 26.1 Å². The molecule has 1 atom stereocenters. The van der Waals surface area contributed by atoms with Gasteiger partial charge in [0.15, 0.2) is 0 Å². The number of benzene rings is 2. The van der Waals surface area contributed by atoms with Crippen molar-refractivity contribution in [3.05, 3.63) is 59.2 Å². The lowest BCUT2D eigenvalue weighted by Gasteiger charge is -2.14. The highest BCUT2D eigenvalue weighted by Gasteiger charge is 2.18. The summed E-state index contributed by atoms with van der Waals surface area (Å²) in [7, 11) is 0. The Labute approximate surface area is 128 Å². The maximum Gasteiger partial charge on any atom is 0.132 e. The van der Waals surface area contributed by atoms with Crippen LogP contribution in [-0.2, 0) is 0 Å². The monoisotopic (exact) mass is 302 g/mol. The second-order valence-electron chi connectivity index (χ2n) is 5.34. The maximum atomic E-state index is 13.6. The number of halogens is 2. The molecular formula is C17H16ClFN2. The number of hydrogen-bond acceptors (Lipinski definition) is 1. The van der Waals surface area contributed by atoms with E-state index in [1.165, 1.54) is 17.7 Å². The molecular weight excluding hydrogens is 287 g/mol. The van der Waals surface area contributed by atoms with Crippen LogP contribution in [0.25, 0.3) is 16.7 Å². The molecule has 0 saturated heterocycles. The first-order chi connectivity index (χ1) is 9.97. The van der Waals surface area contributed by atoms with E-state index in [0.29, 0.717) is 0 Å². The largest absolute Gasteiger partial charge is 0.295 e. The summed E-state index contributed by atoms with van der Waals surface area (Å²) in [5.74, 6) is 0.450. The molecule has 1 unspecified atom stereocenters. The lowest BCUT2D eigenvalue weighted by Crippen LogP contribution is -2.04. The quantitative estimate of drug-likeness (QED) is 0.604. The number of rotatable bonds is 2. The molecule has 0 aliphatic carbocycles. The van der Waals surface area contributed by atoms with Crippen molar-refractivity contribution in [3.8, 4) is 5.69 Å². The molecule has 0 aliphatic heterocycles. The van der Waals surface area contributed by atoms with E-state index < -0.39 is 0 Å². The van der Waals surface area contributed by atoms with Crippen molar-refractivity contribution in [2.75, 3.05) is 0 Å². The fourth-order valence-electron chi connectivity index (χ4n) is 2.64. The molecule has 0 N–H and O–H groups in total. The molecule has 2 aromatic carbocycles. The fourth-order valence-corrected chi connectivity index (χ4v) is 2.79. The molecule has 1 aromatic heterocycles. The van der Waals surface area contributed by atoms with Crippen LogP contribution in [0.1, 0.15) is 29.3 Å². The highest BCUT2D eigenvalue weighted by Crippen LogP contribution is 2.30. The Morgan fingerprint density at radius 1 is 1.14 bits per heavy atom. The van der Waals surface area contributed by atoms with Gasteiger partial charge in [-0.3, -0.25) is 4.57 Å². The van der Waals surface area contributed by atoms with Crippen molar-refractivity contribution in [1.82, 2.24) is 9.55 Å². The second-order valence-corrected chi connectivity index (χ2v) is 6.00. The summed E-state index contributed by atoms with van der Waals surface area (Å²) in [6.45, 7) is 5.96. The Kier molecular flexibility index (Phi) is 3.46. The average Bonchev–Trinajstić information content (AvgIpc) is 2.77. The number of aromatic nitrogens is 2. The molecule has 3 aromatic rings. The van der Waals surface area contributed by atoms with Gasteiger partial charge in [-0.05, 0) is 44.5 Å². The van der Waals surface area contributed by atoms with Gasteiger partial charge in [-0.15, -0.1) is 11.6 Å². The first-order valence-corrected chi connectivity index (χ1v) is 7.30. The zero-order valence-electron chi connectivity index (χ0n) is 12.2. The van der Waals surface area contributed by atoms with E-state index in [0.717, 1.165) is 28.1 Å². The Balaban J connectivity index is 2.38. The van der Waals surface area contributed by atoms with Gasteiger partial charge in [0.25, 0.3) is 0 Å². The van der Waals surface area contributed by atoms with Crippen molar-refractivity contribution in [2.24, 2.45) is 0 Å². The number of aryl methyl sites for hydroxylation is 2. The predicted octanol–water partition coefficient (Wildman–Crippen LogP) is 5.08. The molecule has 0 spiro atoms. The van der Waals surface area contributed by atoms with Crippen LogP contribution in [0.5, 0.6) is 0 Å². The molecule has 3 rings (SSSR count). The molecule has 0 bridgehead atoms. The van der Waals surface area contributed by atoms with E-state index in [4.69, 9.17) is 11.6 Å². The lowest BCUT2D eigenvalue weighted by atomic mass is 10.1. The molecule has 1 heterocycles. The van der Waals surface area contributed by atoms with Crippen molar-refractivity contribution < 1.29 is 4.39 Å². The molecule has 0 amide bonds. The van der Waals surface area contributed by atoms with Crippen molar-refractivity contribution in [1.29, 1.82) is 0 Å². The van der Waals surface area contributed by atoms with Gasteiger partial charge >= 0.3 is 0 Å². The summed E-state index contributed by atoms with van der Waals surface area (Å²) >= 11 is 6.28. The van der Waals surface area contributed by atoms with Crippen LogP contribution in [-0.4, -0.2) is 9.55 Å². The van der Waals surface area contributed by atoms with Gasteiger partial charge in [0.2, 0.25) is 0 Å². The Morgan fingerprint density at radius 2 is 1.90 bits per heavy atom. The van der Waals surface area contributed by atoms with Gasteiger partial charge in [0.05, 0.1) is 22.1 Å². The summed E-state index contributed by atoms with van der Waals surface area (Å²) in [6, 6.07) is 10.8. The summed E-state index contributed by atoms with van der Waals surface area (Å²) in [4.78, 5) is 4.56. The molecule has 0 aliphatic rings. The maximum absolute atomic E-state index is 13.6. The summed E-state index contributed by atoms with van der Waals surface area (Å²) in [5, 5.41) is -0.263. The van der Waals surface area contributed by atoms with Crippen LogP contribution in [0, 0.1) is 19.7 Å². The van der Waals surface area contributed by atoms with Crippen LogP contribution in [0.4, 0.5) is 4.39 Å². The summed E-state index contributed by atoms with van der Waals surface area (Å²) < 4.78 is 15.6. The van der Waals surface area contributed by atoms with Gasteiger partial charge in [0, 0.05) is 6.07 Å². The first kappa shape index (κ1) is 14.1. The first-order valence-electron chi connectivity index (χ1n) is 6.87. The fraction of sp³-hybridized carbons (Fsp3) is 0.235. The van der Waals surface area contributed by atoms with Crippen LogP contribution in [0.3, 0.4) is 0 Å². The van der Waals surface area contributed by atoms with E-state index in [1.54, 1.807) is 6.07 Å². The van der Waals surface area contributed by atoms with Gasteiger partial charge in [-0.2, -0.15) is 0 Å². The zero-order valence-corrected chi connectivity index (χ0v) is 12.9. The number of nitrogens with zero attached hydrogens (tertiary/aromatic N) is 2. The van der Waals surface area contributed by atoms with E-state index in [2.05, 4.69) is 11.1 Å². The molecule has 2 nitrogen and oxygen atoms in total. The van der Waals surface area contributed by atoms with Gasteiger partial charge in [-0.1, -0.05) is 17.7 Å². The van der Waals surface area contributed by atoms with Crippen LogP contribution < -0.4 is 0 Å². The lowest BCUT2D eigenvalue weighted by molar-refractivity contribution is 0.629. The van der Waals surface area contributed by atoms with E-state index >= 15 is 0 Å². The molecule has 108 valence electrons. The predicted molar refractivity (Wildman–Crippen MR) is 84.8 cm³/mol. The van der Waals surface area contributed by atoms with E-state index in [9.17, 15) is 4.39 Å². The molecule has 21 heavy (non-hydrogen) atoms. The highest BCUT2D eigenvalue weighted by atomic mass is 35.5. The average molecular weight is 303 g/mol. The van der Waals surface area contributed by atoms with Gasteiger partial charge < -0.3 is 0 Å².